The Morgan fingerprint density at radius 1 is 1.47 bits per heavy atom. The lowest BCUT2D eigenvalue weighted by Crippen LogP contribution is -2.36. The second-order valence-corrected chi connectivity index (χ2v) is 3.82. The van der Waals surface area contributed by atoms with Crippen molar-refractivity contribution in [2.45, 2.75) is 17.7 Å². The predicted molar refractivity (Wildman–Crippen MR) is 40.9 cm³/mol. The fourth-order valence-electron chi connectivity index (χ4n) is 0.599. The fourth-order valence-corrected chi connectivity index (χ4v) is 1.09. The summed E-state index contributed by atoms with van der Waals surface area (Å²) in [7, 11) is -5.71. The summed E-state index contributed by atoms with van der Waals surface area (Å²) in [5, 5.41) is 0. The zero-order valence-corrected chi connectivity index (χ0v) is 7.99. The molecule has 0 aromatic heterocycles. The van der Waals surface area contributed by atoms with Gasteiger partial charge in [-0.25, -0.2) is 8.78 Å². The summed E-state index contributed by atoms with van der Waals surface area (Å²) in [4.78, 5) is 0. The molecule has 0 radical (unpaired) electrons. The van der Waals surface area contributed by atoms with Crippen LogP contribution in [-0.2, 0) is 15.0 Å². The van der Waals surface area contributed by atoms with Gasteiger partial charge in [-0.05, 0) is 0 Å². The van der Waals surface area contributed by atoms with Crippen molar-refractivity contribution in [2.75, 3.05) is 6.67 Å². The highest BCUT2D eigenvalue weighted by molar-refractivity contribution is 7.86. The highest BCUT2D eigenvalue weighted by atomic mass is 32.3. The minimum Gasteiger partial charge on any atom is -0.307 e. The van der Waals surface area contributed by atoms with Crippen LogP contribution in [0.2, 0.25) is 0 Å². The number of rotatable bonds is 6. The molecule has 9 heteroatoms. The van der Waals surface area contributed by atoms with Crippen molar-refractivity contribution in [2.24, 2.45) is 0 Å². The maximum absolute atomic E-state index is 12.6. The molecule has 0 aromatic rings. The highest BCUT2D eigenvalue weighted by Gasteiger charge is 2.41. The Morgan fingerprint density at radius 2 is 1.93 bits per heavy atom. The van der Waals surface area contributed by atoms with Crippen molar-refractivity contribution in [3.63, 3.8) is 0 Å². The predicted octanol–water partition coefficient (Wildman–Crippen LogP) is 1.71. The van der Waals surface area contributed by atoms with Crippen LogP contribution in [0.3, 0.4) is 0 Å². The van der Waals surface area contributed by atoms with E-state index in [0.717, 1.165) is 0 Å². The summed E-state index contributed by atoms with van der Waals surface area (Å²) in [6, 6.07) is 0. The van der Waals surface area contributed by atoms with Crippen molar-refractivity contribution < 1.29 is 34.6 Å². The number of halogens is 5. The van der Waals surface area contributed by atoms with E-state index in [2.05, 4.69) is 11.3 Å². The van der Waals surface area contributed by atoms with Crippen molar-refractivity contribution in [1.82, 2.24) is 0 Å². The molecule has 0 bridgehead atoms. The molecule has 0 N–H and O–H groups in total. The molecule has 0 saturated heterocycles. The first-order chi connectivity index (χ1) is 6.64. The summed E-state index contributed by atoms with van der Waals surface area (Å²) >= 11 is 0. The van der Waals surface area contributed by atoms with Gasteiger partial charge in [0.25, 0.3) is 5.50 Å². The van der Waals surface area contributed by atoms with E-state index >= 15 is 0 Å². The first kappa shape index (κ1) is 14.3. The lowest BCUT2D eigenvalue weighted by molar-refractivity contribution is -0.264. The summed E-state index contributed by atoms with van der Waals surface area (Å²) in [5.74, 6) is 0. The molecule has 0 aliphatic carbocycles. The largest absolute Gasteiger partial charge is 0.384 e. The van der Waals surface area contributed by atoms with Crippen LogP contribution in [0.4, 0.5) is 21.4 Å². The third kappa shape index (κ3) is 4.56. The van der Waals surface area contributed by atoms with Gasteiger partial charge in [-0.15, -0.1) is 10.5 Å². The van der Waals surface area contributed by atoms with Crippen molar-refractivity contribution in [3.05, 3.63) is 12.7 Å². The minimum absolute atomic E-state index is 0.297. The molecule has 0 rings (SSSR count). The number of ether oxygens (including phenoxy) is 1. The van der Waals surface area contributed by atoms with E-state index in [1.54, 1.807) is 0 Å². The van der Waals surface area contributed by atoms with E-state index in [-0.39, 0.29) is 0 Å². The maximum atomic E-state index is 12.6. The van der Waals surface area contributed by atoms with Crippen LogP contribution in [0.15, 0.2) is 12.7 Å². The third-order valence-electron chi connectivity index (χ3n) is 1.22. The van der Waals surface area contributed by atoms with Gasteiger partial charge in [0.15, 0.2) is 6.67 Å². The van der Waals surface area contributed by atoms with Crippen molar-refractivity contribution >= 4 is 10.2 Å². The summed E-state index contributed by atoms with van der Waals surface area (Å²) in [6.07, 6.45) is -6.58. The van der Waals surface area contributed by atoms with E-state index < -0.39 is 34.6 Å². The van der Waals surface area contributed by atoms with Gasteiger partial charge in [-0.2, -0.15) is 17.2 Å². The molecule has 2 unspecified atom stereocenters. The molecule has 15 heavy (non-hydrogen) atoms. The van der Waals surface area contributed by atoms with Gasteiger partial charge in [-0.1, -0.05) is 6.08 Å². The van der Waals surface area contributed by atoms with Gasteiger partial charge in [0, 0.05) is 0 Å². The Kier molecular flexibility index (Phi) is 4.65. The van der Waals surface area contributed by atoms with Gasteiger partial charge >= 0.3 is 16.3 Å². The Labute approximate surface area is 82.7 Å². The van der Waals surface area contributed by atoms with Gasteiger partial charge in [0.05, 0.1) is 0 Å². The Morgan fingerprint density at radius 3 is 2.20 bits per heavy atom. The average molecular weight is 254 g/mol. The molecule has 0 fully saturated rings. The summed E-state index contributed by atoms with van der Waals surface area (Å²) < 4.78 is 84.0. The standard InChI is InChI=1S/C6H7F5O3S/c1-2-4(5(8)15(11,12)13)14-6(9,10)3-7/h2,4-5H,1,3H2. The van der Waals surface area contributed by atoms with Gasteiger partial charge < -0.3 is 4.74 Å². The monoisotopic (exact) mass is 254 g/mol. The smallest absolute Gasteiger partial charge is 0.307 e. The van der Waals surface area contributed by atoms with Crippen LogP contribution >= 0.6 is 0 Å². The van der Waals surface area contributed by atoms with E-state index in [0.29, 0.717) is 6.08 Å². The van der Waals surface area contributed by atoms with Crippen molar-refractivity contribution in [1.29, 1.82) is 0 Å². The van der Waals surface area contributed by atoms with Gasteiger partial charge in [0.2, 0.25) is 0 Å². The molecule has 0 aromatic carbocycles. The number of alkyl halides is 4. The molecule has 2 atom stereocenters. The second-order valence-electron chi connectivity index (χ2n) is 2.42. The Balaban J connectivity index is 4.73. The Hall–Kier alpha value is -0.700. The SMILES string of the molecule is C=CC(OC(F)(F)CF)C(F)S(=O)(=O)F. The van der Waals surface area contributed by atoms with E-state index in [4.69, 9.17) is 0 Å². The molecule has 90 valence electrons. The quantitative estimate of drug-likeness (QED) is 0.412. The van der Waals surface area contributed by atoms with E-state index in [9.17, 15) is 29.9 Å². The first-order valence-electron chi connectivity index (χ1n) is 3.46. The zero-order chi connectivity index (χ0) is 12.3. The van der Waals surface area contributed by atoms with E-state index in [1.165, 1.54) is 0 Å². The molecule has 3 nitrogen and oxygen atoms in total. The number of hydrogen-bond donors (Lipinski definition) is 0. The van der Waals surface area contributed by atoms with Crippen molar-refractivity contribution in [3.8, 4) is 0 Å². The maximum Gasteiger partial charge on any atom is 0.384 e. The average Bonchev–Trinajstić information content (AvgIpc) is 2.11. The lowest BCUT2D eigenvalue weighted by Gasteiger charge is -2.20. The van der Waals surface area contributed by atoms with Crippen LogP contribution in [-0.4, -0.2) is 32.8 Å². The van der Waals surface area contributed by atoms with Crippen LogP contribution in [0.5, 0.6) is 0 Å². The molecule has 0 heterocycles. The number of hydrogen-bond acceptors (Lipinski definition) is 3. The second kappa shape index (κ2) is 4.88. The molecule has 0 aliphatic rings. The van der Waals surface area contributed by atoms with Crippen LogP contribution in [0.25, 0.3) is 0 Å². The zero-order valence-electron chi connectivity index (χ0n) is 7.17. The molecule has 0 amide bonds. The summed E-state index contributed by atoms with van der Waals surface area (Å²) in [6.45, 7) is 0.467. The topological polar surface area (TPSA) is 43.4 Å². The summed E-state index contributed by atoms with van der Waals surface area (Å²) in [5.41, 5.74) is -3.37. The molecule has 0 spiro atoms. The first-order valence-corrected chi connectivity index (χ1v) is 4.90. The van der Waals surface area contributed by atoms with Crippen LogP contribution in [0, 0.1) is 0 Å². The minimum atomic E-state index is -5.71. The normalized spacial score (nSPS) is 17.1. The molecule has 0 aliphatic heterocycles. The highest BCUT2D eigenvalue weighted by Crippen LogP contribution is 2.23. The van der Waals surface area contributed by atoms with Gasteiger partial charge in [0.1, 0.15) is 6.10 Å². The molecule has 0 saturated carbocycles. The fraction of sp³-hybridized carbons (Fsp3) is 0.667. The third-order valence-corrected chi connectivity index (χ3v) is 2.03. The van der Waals surface area contributed by atoms with Crippen LogP contribution in [0.1, 0.15) is 0 Å². The van der Waals surface area contributed by atoms with Gasteiger partial charge in [-0.3, -0.25) is 0 Å². The Bertz CT molecular complexity index is 315. The molecular formula is C6H7F5O3S. The van der Waals surface area contributed by atoms with E-state index in [1.807, 2.05) is 0 Å². The van der Waals surface area contributed by atoms with Crippen LogP contribution < -0.4 is 0 Å². The lowest BCUT2D eigenvalue weighted by atomic mass is 10.4. The molecular weight excluding hydrogens is 247 g/mol.